The molecular weight excluding hydrogens is 381 g/mol. The van der Waals surface area contributed by atoms with Gasteiger partial charge >= 0.3 is 0 Å². The van der Waals surface area contributed by atoms with Gasteiger partial charge in [0.2, 0.25) is 5.95 Å². The third kappa shape index (κ3) is 4.46. The number of carbonyl (C=O) groups excluding carboxylic acids is 1. The van der Waals surface area contributed by atoms with E-state index in [1.807, 2.05) is 30.9 Å². The lowest BCUT2D eigenvalue weighted by Crippen LogP contribution is -2.45. The molecule has 2 fully saturated rings. The van der Waals surface area contributed by atoms with Crippen LogP contribution in [-0.2, 0) is 6.54 Å². The van der Waals surface area contributed by atoms with Gasteiger partial charge in [-0.1, -0.05) is 26.0 Å². The Hall–Kier alpha value is -2.54. The summed E-state index contributed by atoms with van der Waals surface area (Å²) in [5, 5.41) is 0. The minimum atomic E-state index is -0.204. The number of carbonyl (C=O) groups is 1. The third-order valence-corrected chi connectivity index (χ3v) is 6.36. The minimum absolute atomic E-state index is 0.0569. The van der Waals surface area contributed by atoms with Crippen LogP contribution in [0.15, 0.2) is 30.3 Å². The predicted octanol–water partition coefficient (Wildman–Crippen LogP) is 3.45. The summed E-state index contributed by atoms with van der Waals surface area (Å²) in [5.74, 6) is 0.0788. The van der Waals surface area contributed by atoms with Crippen molar-refractivity contribution in [3.8, 4) is 0 Å². The van der Waals surface area contributed by atoms with Crippen molar-refractivity contribution in [2.45, 2.75) is 45.6 Å². The Morgan fingerprint density at radius 1 is 1.17 bits per heavy atom. The van der Waals surface area contributed by atoms with Crippen LogP contribution in [0.4, 0.5) is 10.3 Å². The lowest BCUT2D eigenvalue weighted by Gasteiger charge is -2.40. The van der Waals surface area contributed by atoms with Gasteiger partial charge in [-0.3, -0.25) is 9.69 Å². The Bertz CT molecular complexity index is 916. The maximum atomic E-state index is 13.2. The highest BCUT2D eigenvalue weighted by Gasteiger charge is 2.43. The molecule has 0 saturated carbocycles. The van der Waals surface area contributed by atoms with Gasteiger partial charge in [0.05, 0.1) is 0 Å². The number of anilines is 1. The number of piperidine rings is 1. The van der Waals surface area contributed by atoms with E-state index < -0.39 is 0 Å². The van der Waals surface area contributed by atoms with Crippen molar-refractivity contribution in [2.24, 2.45) is 5.41 Å². The molecule has 0 aliphatic carbocycles. The van der Waals surface area contributed by atoms with E-state index in [4.69, 9.17) is 5.73 Å². The van der Waals surface area contributed by atoms with Crippen LogP contribution in [0.3, 0.4) is 0 Å². The number of benzene rings is 1. The zero-order valence-electron chi connectivity index (χ0n) is 17.8. The maximum Gasteiger partial charge on any atom is 0.272 e. The standard InChI is InChI=1S/C23H30FN5O/c1-16(2)19-12-20(27-22(25)26-19)21(30)29-11-9-23(15-29)8-3-10-28(14-23)13-17-4-6-18(24)7-5-17/h4-7,12,16H,3,8-11,13-15H2,1-2H3,(H2,25,26,27). The van der Waals surface area contributed by atoms with Crippen LogP contribution in [0.2, 0.25) is 0 Å². The van der Waals surface area contributed by atoms with Gasteiger partial charge in [0.1, 0.15) is 11.5 Å². The zero-order valence-corrected chi connectivity index (χ0v) is 17.8. The quantitative estimate of drug-likeness (QED) is 0.834. The molecule has 2 aliphatic rings. The number of rotatable bonds is 4. The molecule has 1 spiro atoms. The van der Waals surface area contributed by atoms with Crippen LogP contribution in [0.5, 0.6) is 0 Å². The zero-order chi connectivity index (χ0) is 21.3. The first kappa shape index (κ1) is 20.7. The van der Waals surface area contributed by atoms with Crippen LogP contribution in [0, 0.1) is 11.2 Å². The summed E-state index contributed by atoms with van der Waals surface area (Å²) in [6.07, 6.45) is 3.23. The first-order chi connectivity index (χ1) is 14.3. The minimum Gasteiger partial charge on any atom is -0.368 e. The smallest absolute Gasteiger partial charge is 0.272 e. The third-order valence-electron chi connectivity index (χ3n) is 6.36. The van der Waals surface area contributed by atoms with Crippen molar-refractivity contribution in [3.05, 3.63) is 53.1 Å². The van der Waals surface area contributed by atoms with Crippen molar-refractivity contribution < 1.29 is 9.18 Å². The van der Waals surface area contributed by atoms with E-state index in [-0.39, 0.29) is 29.0 Å². The van der Waals surface area contributed by atoms with E-state index in [1.165, 1.54) is 12.1 Å². The molecule has 2 aliphatic heterocycles. The molecule has 6 nitrogen and oxygen atoms in total. The summed E-state index contributed by atoms with van der Waals surface area (Å²) in [5.41, 5.74) is 8.27. The second kappa shape index (κ2) is 8.30. The molecule has 1 amide bonds. The van der Waals surface area contributed by atoms with Crippen LogP contribution in [0.25, 0.3) is 0 Å². The van der Waals surface area contributed by atoms with E-state index in [0.29, 0.717) is 5.69 Å². The van der Waals surface area contributed by atoms with Crippen molar-refractivity contribution in [2.75, 3.05) is 31.9 Å². The number of likely N-dealkylation sites (tertiary alicyclic amines) is 2. The van der Waals surface area contributed by atoms with E-state index >= 15 is 0 Å². The number of halogens is 1. The molecule has 4 rings (SSSR count). The van der Waals surface area contributed by atoms with Crippen LogP contribution in [0.1, 0.15) is 60.8 Å². The molecule has 0 radical (unpaired) electrons. The monoisotopic (exact) mass is 411 g/mol. The Kier molecular flexibility index (Phi) is 5.73. The number of nitrogens with zero attached hydrogens (tertiary/aromatic N) is 4. The largest absolute Gasteiger partial charge is 0.368 e. The second-order valence-corrected chi connectivity index (χ2v) is 9.11. The van der Waals surface area contributed by atoms with Gasteiger partial charge in [0.15, 0.2) is 0 Å². The molecule has 0 bridgehead atoms. The second-order valence-electron chi connectivity index (χ2n) is 9.11. The van der Waals surface area contributed by atoms with Crippen LogP contribution in [-0.4, -0.2) is 51.9 Å². The van der Waals surface area contributed by atoms with Gasteiger partial charge in [-0.25, -0.2) is 14.4 Å². The molecule has 3 heterocycles. The number of nitrogens with two attached hydrogens (primary N) is 1. The lowest BCUT2D eigenvalue weighted by atomic mass is 9.79. The average molecular weight is 412 g/mol. The number of aromatic nitrogens is 2. The maximum absolute atomic E-state index is 13.2. The Balaban J connectivity index is 1.44. The normalized spacial score (nSPS) is 22.2. The molecule has 1 aromatic carbocycles. The molecular formula is C23H30FN5O. The summed E-state index contributed by atoms with van der Waals surface area (Å²) in [7, 11) is 0. The molecule has 2 saturated heterocycles. The lowest BCUT2D eigenvalue weighted by molar-refractivity contribution is 0.0671. The fraction of sp³-hybridized carbons (Fsp3) is 0.522. The van der Waals surface area contributed by atoms with Gasteiger partial charge in [0.25, 0.3) is 5.91 Å². The SMILES string of the molecule is CC(C)c1cc(C(=O)N2CCC3(CCCN(Cc4ccc(F)cc4)C3)C2)nc(N)n1. The first-order valence-electron chi connectivity index (χ1n) is 10.7. The molecule has 1 atom stereocenters. The van der Waals surface area contributed by atoms with Crippen LogP contribution >= 0.6 is 0 Å². The summed E-state index contributed by atoms with van der Waals surface area (Å²) in [4.78, 5) is 25.9. The summed E-state index contributed by atoms with van der Waals surface area (Å²) in [6.45, 7) is 8.34. The highest BCUT2D eigenvalue weighted by molar-refractivity contribution is 5.93. The fourth-order valence-electron chi connectivity index (χ4n) is 4.79. The van der Waals surface area contributed by atoms with Crippen molar-refractivity contribution in [1.29, 1.82) is 0 Å². The number of hydrogen-bond acceptors (Lipinski definition) is 5. The summed E-state index contributed by atoms with van der Waals surface area (Å²) in [6, 6.07) is 8.52. The Morgan fingerprint density at radius 2 is 1.93 bits per heavy atom. The Morgan fingerprint density at radius 3 is 2.67 bits per heavy atom. The van der Waals surface area contributed by atoms with Crippen molar-refractivity contribution >= 4 is 11.9 Å². The van der Waals surface area contributed by atoms with Gasteiger partial charge in [0, 0.05) is 37.3 Å². The predicted molar refractivity (Wildman–Crippen MR) is 114 cm³/mol. The number of hydrogen-bond donors (Lipinski definition) is 1. The molecule has 7 heteroatoms. The van der Waals surface area contributed by atoms with Crippen molar-refractivity contribution in [3.63, 3.8) is 0 Å². The average Bonchev–Trinajstić information content (AvgIpc) is 3.11. The molecule has 2 N–H and O–H groups in total. The molecule has 30 heavy (non-hydrogen) atoms. The molecule has 1 unspecified atom stereocenters. The van der Waals surface area contributed by atoms with Gasteiger partial charge in [-0.15, -0.1) is 0 Å². The molecule has 160 valence electrons. The van der Waals surface area contributed by atoms with Crippen molar-refractivity contribution in [1.82, 2.24) is 19.8 Å². The fourth-order valence-corrected chi connectivity index (χ4v) is 4.79. The number of amides is 1. The van der Waals surface area contributed by atoms with E-state index in [2.05, 4.69) is 14.9 Å². The van der Waals surface area contributed by atoms with Gasteiger partial charge in [-0.2, -0.15) is 0 Å². The highest BCUT2D eigenvalue weighted by Crippen LogP contribution is 2.39. The molecule has 1 aromatic heterocycles. The Labute approximate surface area is 177 Å². The summed E-state index contributed by atoms with van der Waals surface area (Å²) >= 11 is 0. The van der Waals surface area contributed by atoms with E-state index in [0.717, 1.165) is 63.2 Å². The van der Waals surface area contributed by atoms with Crippen LogP contribution < -0.4 is 5.73 Å². The van der Waals surface area contributed by atoms with Gasteiger partial charge < -0.3 is 10.6 Å². The van der Waals surface area contributed by atoms with E-state index in [1.54, 1.807) is 6.07 Å². The topological polar surface area (TPSA) is 75.4 Å². The molecule has 2 aromatic rings. The van der Waals surface area contributed by atoms with E-state index in [9.17, 15) is 9.18 Å². The highest BCUT2D eigenvalue weighted by atomic mass is 19.1. The first-order valence-corrected chi connectivity index (χ1v) is 10.7. The van der Waals surface area contributed by atoms with Gasteiger partial charge in [-0.05, 0) is 55.5 Å². The summed E-state index contributed by atoms with van der Waals surface area (Å²) < 4.78 is 13.2. The number of nitrogen functional groups attached to an aromatic ring is 1.